The van der Waals surface area contributed by atoms with Gasteiger partial charge in [-0.3, -0.25) is 4.79 Å². The first-order chi connectivity index (χ1) is 9.81. The highest BCUT2D eigenvalue weighted by molar-refractivity contribution is 8.13. The van der Waals surface area contributed by atoms with Gasteiger partial charge in [0.25, 0.3) is 15.0 Å². The smallest absolute Gasteiger partial charge is 0.261 e. The number of amides is 1. The van der Waals surface area contributed by atoms with Crippen LogP contribution in [0, 0.1) is 5.82 Å². The molecule has 0 radical (unpaired) electrons. The van der Waals surface area contributed by atoms with E-state index in [1.54, 1.807) is 12.0 Å². The average molecular weight is 336 g/mol. The molecule has 1 aliphatic heterocycles. The van der Waals surface area contributed by atoms with Crippen LogP contribution < -0.4 is 0 Å². The fraction of sp³-hybridized carbons (Fsp3) is 0.462. The summed E-state index contributed by atoms with van der Waals surface area (Å²) in [6.07, 6.45) is 1.50. The van der Waals surface area contributed by atoms with Gasteiger partial charge in [0.2, 0.25) is 0 Å². The summed E-state index contributed by atoms with van der Waals surface area (Å²) < 4.78 is 41.3. The number of hydrogen-bond acceptors (Lipinski definition) is 4. The van der Waals surface area contributed by atoms with Gasteiger partial charge in [0.1, 0.15) is 5.82 Å². The molecule has 1 aromatic carbocycles. The minimum Gasteiger partial charge on any atom is -0.381 e. The van der Waals surface area contributed by atoms with Crippen LogP contribution in [0.25, 0.3) is 0 Å². The third kappa shape index (κ3) is 3.93. The molecule has 0 saturated carbocycles. The van der Waals surface area contributed by atoms with Crippen LogP contribution >= 0.6 is 10.7 Å². The number of carbonyl (C=O) groups is 1. The summed E-state index contributed by atoms with van der Waals surface area (Å²) in [5, 5.41) is 0. The molecule has 0 unspecified atom stereocenters. The van der Waals surface area contributed by atoms with Crippen LogP contribution in [0.4, 0.5) is 4.39 Å². The first-order valence-corrected chi connectivity index (χ1v) is 8.69. The van der Waals surface area contributed by atoms with E-state index in [4.69, 9.17) is 15.4 Å². The molecule has 1 heterocycles. The average Bonchev–Trinajstić information content (AvgIpc) is 2.45. The Labute approximate surface area is 127 Å². The molecule has 1 fully saturated rings. The predicted octanol–water partition coefficient (Wildman–Crippen LogP) is 2.00. The molecule has 0 aliphatic carbocycles. The van der Waals surface area contributed by atoms with Crippen LogP contribution in [0.1, 0.15) is 23.2 Å². The molecular formula is C13H15ClFNO4S. The minimum atomic E-state index is -4.08. The van der Waals surface area contributed by atoms with Gasteiger partial charge in [-0.25, -0.2) is 12.8 Å². The summed E-state index contributed by atoms with van der Waals surface area (Å²) in [5.41, 5.74) is -0.0231. The van der Waals surface area contributed by atoms with Crippen molar-refractivity contribution in [3.05, 3.63) is 29.6 Å². The molecule has 5 nitrogen and oxygen atoms in total. The number of ether oxygens (including phenoxy) is 1. The summed E-state index contributed by atoms with van der Waals surface area (Å²) in [6.45, 7) is 0.966. The van der Waals surface area contributed by atoms with Crippen LogP contribution in [0.2, 0.25) is 0 Å². The van der Waals surface area contributed by atoms with Crippen molar-refractivity contribution in [2.45, 2.75) is 23.8 Å². The van der Waals surface area contributed by atoms with Gasteiger partial charge in [-0.2, -0.15) is 0 Å². The number of nitrogens with zero attached hydrogens (tertiary/aromatic N) is 1. The molecule has 1 saturated heterocycles. The maximum atomic E-state index is 13.5. The van der Waals surface area contributed by atoms with Gasteiger partial charge < -0.3 is 9.64 Å². The normalized spacial score (nSPS) is 17.0. The fourth-order valence-corrected chi connectivity index (χ4v) is 3.09. The number of likely N-dealkylation sites (tertiary alicyclic amines) is 1. The lowest BCUT2D eigenvalue weighted by Gasteiger charge is -2.31. The van der Waals surface area contributed by atoms with Gasteiger partial charge in [0, 0.05) is 36.4 Å². The first-order valence-electron chi connectivity index (χ1n) is 6.38. The molecule has 2 rings (SSSR count). The molecule has 0 aromatic heterocycles. The molecule has 1 amide bonds. The number of rotatable bonds is 3. The van der Waals surface area contributed by atoms with E-state index in [1.807, 2.05) is 0 Å². The number of benzene rings is 1. The lowest BCUT2D eigenvalue weighted by Crippen LogP contribution is -2.40. The highest BCUT2D eigenvalue weighted by atomic mass is 35.7. The summed E-state index contributed by atoms with van der Waals surface area (Å²) in [7, 11) is 2.73. The van der Waals surface area contributed by atoms with Crippen molar-refractivity contribution in [3.63, 3.8) is 0 Å². The lowest BCUT2D eigenvalue weighted by atomic mass is 10.1. The molecular weight excluding hydrogens is 321 g/mol. The van der Waals surface area contributed by atoms with Gasteiger partial charge in [0.05, 0.1) is 11.0 Å². The molecule has 0 N–H and O–H groups in total. The maximum absolute atomic E-state index is 13.5. The Morgan fingerprint density at radius 2 is 1.95 bits per heavy atom. The number of halogens is 2. The number of hydrogen-bond donors (Lipinski definition) is 0. The SMILES string of the molecule is COC1CCN(C(=O)c2cc(F)cc(S(=O)(=O)Cl)c2)CC1. The van der Waals surface area contributed by atoms with Crippen molar-refractivity contribution in [2.24, 2.45) is 0 Å². The first kappa shape index (κ1) is 16.2. The van der Waals surface area contributed by atoms with Gasteiger partial charge in [-0.05, 0) is 31.0 Å². The number of piperidine rings is 1. The largest absolute Gasteiger partial charge is 0.381 e. The Kier molecular flexibility index (Phi) is 4.85. The fourth-order valence-electron chi connectivity index (χ4n) is 2.30. The van der Waals surface area contributed by atoms with Crippen LogP contribution in [-0.4, -0.2) is 45.5 Å². The maximum Gasteiger partial charge on any atom is 0.261 e. The van der Waals surface area contributed by atoms with Crippen molar-refractivity contribution < 1.29 is 22.3 Å². The van der Waals surface area contributed by atoms with E-state index in [1.165, 1.54) is 0 Å². The van der Waals surface area contributed by atoms with Gasteiger partial charge in [-0.15, -0.1) is 0 Å². The van der Waals surface area contributed by atoms with Crippen molar-refractivity contribution in [2.75, 3.05) is 20.2 Å². The van der Waals surface area contributed by atoms with Crippen LogP contribution in [0.15, 0.2) is 23.1 Å². The highest BCUT2D eigenvalue weighted by Crippen LogP contribution is 2.21. The molecule has 0 spiro atoms. The van der Waals surface area contributed by atoms with Gasteiger partial charge in [0.15, 0.2) is 0 Å². The Morgan fingerprint density at radius 1 is 1.33 bits per heavy atom. The van der Waals surface area contributed by atoms with Crippen molar-refractivity contribution in [1.82, 2.24) is 4.90 Å². The van der Waals surface area contributed by atoms with E-state index >= 15 is 0 Å². The van der Waals surface area contributed by atoms with E-state index < -0.39 is 25.7 Å². The quantitative estimate of drug-likeness (QED) is 0.793. The van der Waals surface area contributed by atoms with Gasteiger partial charge in [-0.1, -0.05) is 0 Å². The van der Waals surface area contributed by atoms with Crippen molar-refractivity contribution in [3.8, 4) is 0 Å². The summed E-state index contributed by atoms with van der Waals surface area (Å²) >= 11 is 0. The summed E-state index contributed by atoms with van der Waals surface area (Å²) in [6, 6.07) is 2.89. The third-order valence-electron chi connectivity index (χ3n) is 3.46. The Bertz CT molecular complexity index is 642. The Morgan fingerprint density at radius 3 is 2.48 bits per heavy atom. The zero-order valence-corrected chi connectivity index (χ0v) is 13.0. The minimum absolute atomic E-state index is 0.0231. The van der Waals surface area contributed by atoms with E-state index in [-0.39, 0.29) is 11.7 Å². The van der Waals surface area contributed by atoms with E-state index in [0.717, 1.165) is 18.2 Å². The monoisotopic (exact) mass is 335 g/mol. The molecule has 21 heavy (non-hydrogen) atoms. The molecule has 1 aromatic rings. The second kappa shape index (κ2) is 6.29. The second-order valence-electron chi connectivity index (χ2n) is 4.84. The second-order valence-corrected chi connectivity index (χ2v) is 7.41. The lowest BCUT2D eigenvalue weighted by molar-refractivity contribution is 0.0350. The van der Waals surface area contributed by atoms with Crippen molar-refractivity contribution >= 4 is 25.6 Å². The van der Waals surface area contributed by atoms with Crippen LogP contribution in [0.5, 0.6) is 0 Å². The standard InChI is InChI=1S/C13H15ClFNO4S/c1-20-11-2-4-16(5-3-11)13(17)9-6-10(15)8-12(7-9)21(14,18)19/h6-8,11H,2-5H2,1H3. The molecule has 0 atom stereocenters. The van der Waals surface area contributed by atoms with E-state index in [2.05, 4.69) is 0 Å². The molecule has 0 bridgehead atoms. The third-order valence-corrected chi connectivity index (χ3v) is 4.80. The van der Waals surface area contributed by atoms with Crippen LogP contribution in [0.3, 0.4) is 0 Å². The van der Waals surface area contributed by atoms with E-state index in [9.17, 15) is 17.6 Å². The molecule has 116 valence electrons. The zero-order chi connectivity index (χ0) is 15.6. The predicted molar refractivity (Wildman–Crippen MR) is 75.4 cm³/mol. The van der Waals surface area contributed by atoms with Gasteiger partial charge >= 0.3 is 0 Å². The van der Waals surface area contributed by atoms with E-state index in [0.29, 0.717) is 25.9 Å². The van der Waals surface area contributed by atoms with Crippen LogP contribution in [-0.2, 0) is 13.8 Å². The summed E-state index contributed by atoms with van der Waals surface area (Å²) in [4.78, 5) is 13.4. The number of methoxy groups -OCH3 is 1. The number of carbonyl (C=O) groups excluding carboxylic acids is 1. The highest BCUT2D eigenvalue weighted by Gasteiger charge is 2.25. The Hall–Kier alpha value is -1.18. The Balaban J connectivity index is 2.22. The zero-order valence-electron chi connectivity index (χ0n) is 11.4. The summed E-state index contributed by atoms with van der Waals surface area (Å²) in [5.74, 6) is -1.22. The topological polar surface area (TPSA) is 63.7 Å². The molecule has 8 heteroatoms. The van der Waals surface area contributed by atoms with Crippen molar-refractivity contribution in [1.29, 1.82) is 0 Å². The molecule has 1 aliphatic rings.